The molecule has 2 aromatic carbocycles. The van der Waals surface area contributed by atoms with Crippen LogP contribution in [0, 0.1) is 12.7 Å². The topological polar surface area (TPSA) is 56.1 Å². The molecule has 40 heavy (non-hydrogen) atoms. The molecule has 6 nitrogen and oxygen atoms in total. The van der Waals surface area contributed by atoms with Crippen molar-refractivity contribution in [2.45, 2.75) is 44.9 Å². The molecule has 1 fully saturated rings. The number of pyridine rings is 1. The molecule has 10 heteroatoms. The molecule has 0 unspecified atom stereocenters. The van der Waals surface area contributed by atoms with Crippen molar-refractivity contribution in [2.75, 3.05) is 25.1 Å². The highest BCUT2D eigenvalue weighted by atomic mass is 19.4. The number of piperidine rings is 1. The van der Waals surface area contributed by atoms with Crippen LogP contribution in [0.1, 0.15) is 52.4 Å². The minimum absolute atomic E-state index is 0.0381. The van der Waals surface area contributed by atoms with Crippen LogP contribution in [0.3, 0.4) is 0 Å². The van der Waals surface area contributed by atoms with Gasteiger partial charge in [0.05, 0.1) is 23.9 Å². The molecule has 1 aliphatic heterocycles. The summed E-state index contributed by atoms with van der Waals surface area (Å²) in [6.45, 7) is 3.11. The fourth-order valence-electron chi connectivity index (χ4n) is 5.36. The lowest BCUT2D eigenvalue weighted by atomic mass is 9.88. The summed E-state index contributed by atoms with van der Waals surface area (Å²) in [5.41, 5.74) is 4.06. The Morgan fingerprint density at radius 3 is 2.40 bits per heavy atom. The van der Waals surface area contributed by atoms with Crippen molar-refractivity contribution < 1.29 is 31.8 Å². The van der Waals surface area contributed by atoms with Gasteiger partial charge in [0, 0.05) is 37.5 Å². The highest BCUT2D eigenvalue weighted by Crippen LogP contribution is 2.33. The van der Waals surface area contributed by atoms with Gasteiger partial charge in [-0.3, -0.25) is 4.79 Å². The zero-order valence-electron chi connectivity index (χ0n) is 22.2. The van der Waals surface area contributed by atoms with E-state index in [4.69, 9.17) is 4.74 Å². The lowest BCUT2D eigenvalue weighted by Crippen LogP contribution is -2.33. The number of alkyl halides is 3. The van der Waals surface area contributed by atoms with Gasteiger partial charge in [-0.25, -0.2) is 8.91 Å². The second-order valence-electron chi connectivity index (χ2n) is 9.94. The number of fused-ring (bicyclic) bond motifs is 1. The van der Waals surface area contributed by atoms with Gasteiger partial charge in [-0.1, -0.05) is 12.1 Å². The van der Waals surface area contributed by atoms with E-state index in [9.17, 15) is 18.0 Å². The van der Waals surface area contributed by atoms with Crippen LogP contribution in [0.15, 0.2) is 60.8 Å². The molecule has 210 valence electrons. The van der Waals surface area contributed by atoms with Crippen LogP contribution in [-0.2, 0) is 6.42 Å². The number of aryl methyl sites for hydroxylation is 2. The van der Waals surface area contributed by atoms with E-state index in [-0.39, 0.29) is 29.7 Å². The first-order valence-electron chi connectivity index (χ1n) is 13.1. The van der Waals surface area contributed by atoms with Crippen LogP contribution in [-0.4, -0.2) is 42.0 Å². The fourth-order valence-corrected chi connectivity index (χ4v) is 5.36. The largest absolute Gasteiger partial charge is 0.573 e. The number of rotatable bonds is 8. The van der Waals surface area contributed by atoms with Crippen molar-refractivity contribution in [3.63, 3.8) is 0 Å². The fraction of sp³-hybridized carbons (Fsp3) is 0.333. The van der Waals surface area contributed by atoms with Gasteiger partial charge in [-0.05, 0) is 79.6 Å². The van der Waals surface area contributed by atoms with Crippen LogP contribution >= 0.6 is 0 Å². The van der Waals surface area contributed by atoms with Crippen LogP contribution in [0.25, 0.3) is 5.52 Å². The zero-order valence-corrected chi connectivity index (χ0v) is 22.2. The van der Waals surface area contributed by atoms with Crippen LogP contribution in [0.5, 0.6) is 11.5 Å². The number of carbonyl (C=O) groups excluding carboxylic acids is 1. The zero-order chi connectivity index (χ0) is 28.4. The van der Waals surface area contributed by atoms with Gasteiger partial charge >= 0.3 is 6.36 Å². The maximum atomic E-state index is 15.2. The van der Waals surface area contributed by atoms with Gasteiger partial charge in [0.25, 0.3) is 0 Å². The molecule has 1 aliphatic rings. The number of ketones is 1. The van der Waals surface area contributed by atoms with Gasteiger partial charge in [-0.2, -0.15) is 5.10 Å². The Bertz CT molecular complexity index is 1510. The molecule has 0 bridgehead atoms. The van der Waals surface area contributed by atoms with E-state index in [1.165, 1.54) is 18.2 Å². The summed E-state index contributed by atoms with van der Waals surface area (Å²) in [4.78, 5) is 15.2. The Morgan fingerprint density at radius 2 is 1.75 bits per heavy atom. The molecule has 2 aromatic heterocycles. The molecule has 0 amide bonds. The van der Waals surface area contributed by atoms with Crippen molar-refractivity contribution in [2.24, 2.45) is 0 Å². The van der Waals surface area contributed by atoms with Gasteiger partial charge < -0.3 is 14.4 Å². The van der Waals surface area contributed by atoms with E-state index < -0.39 is 6.36 Å². The predicted molar refractivity (Wildman–Crippen MR) is 143 cm³/mol. The Kier molecular flexibility index (Phi) is 7.69. The number of anilines is 1. The number of benzene rings is 2. The lowest BCUT2D eigenvalue weighted by molar-refractivity contribution is -0.274. The summed E-state index contributed by atoms with van der Waals surface area (Å²) in [6, 6.07) is 14.6. The van der Waals surface area contributed by atoms with E-state index in [1.807, 2.05) is 12.1 Å². The molecular formula is C30H29F4N3O3. The van der Waals surface area contributed by atoms with E-state index in [2.05, 4.69) is 14.7 Å². The summed E-state index contributed by atoms with van der Waals surface area (Å²) >= 11 is 0. The Labute approximate surface area is 229 Å². The first kappa shape index (κ1) is 27.5. The van der Waals surface area contributed by atoms with Crippen molar-refractivity contribution in [1.29, 1.82) is 0 Å². The molecule has 3 heterocycles. The molecule has 4 aromatic rings. The number of halogens is 4. The van der Waals surface area contributed by atoms with Gasteiger partial charge in [-0.15, -0.1) is 13.2 Å². The number of hydrogen-bond donors (Lipinski definition) is 0. The van der Waals surface area contributed by atoms with E-state index in [0.29, 0.717) is 60.4 Å². The van der Waals surface area contributed by atoms with E-state index >= 15 is 4.39 Å². The summed E-state index contributed by atoms with van der Waals surface area (Å²) < 4.78 is 63.2. The lowest BCUT2D eigenvalue weighted by Gasteiger charge is -2.34. The Balaban J connectivity index is 1.18. The third-order valence-electron chi connectivity index (χ3n) is 7.37. The molecule has 1 saturated heterocycles. The minimum atomic E-state index is -4.72. The molecule has 0 aliphatic carbocycles. The number of methoxy groups -OCH3 is 1. The van der Waals surface area contributed by atoms with Crippen LogP contribution in [0.2, 0.25) is 0 Å². The highest BCUT2D eigenvalue weighted by Gasteiger charge is 2.31. The first-order valence-corrected chi connectivity index (χ1v) is 13.1. The SMILES string of the molecule is COc1ccn2nc(C)c(C(=O)CCc3ccc(C4CCN(c5ccc(OC(F)(F)F)cc5)CC4)c(F)c3)c2c1. The number of nitrogens with zero attached hydrogens (tertiary/aromatic N) is 3. The van der Waals surface area contributed by atoms with Crippen LogP contribution in [0.4, 0.5) is 23.2 Å². The smallest absolute Gasteiger partial charge is 0.497 e. The van der Waals surface area contributed by atoms with Crippen molar-refractivity contribution in [1.82, 2.24) is 9.61 Å². The third-order valence-corrected chi connectivity index (χ3v) is 7.37. The molecule has 5 rings (SSSR count). The summed E-state index contributed by atoms with van der Waals surface area (Å²) in [5.74, 6) is 0.0724. The Hall–Kier alpha value is -4.08. The second-order valence-corrected chi connectivity index (χ2v) is 9.94. The maximum Gasteiger partial charge on any atom is 0.573 e. The average molecular weight is 556 g/mol. The molecule has 0 saturated carbocycles. The monoisotopic (exact) mass is 555 g/mol. The summed E-state index contributed by atoms with van der Waals surface area (Å²) in [5, 5.41) is 4.41. The van der Waals surface area contributed by atoms with Gasteiger partial charge in [0.2, 0.25) is 0 Å². The number of carbonyl (C=O) groups is 1. The van der Waals surface area contributed by atoms with E-state index in [1.54, 1.807) is 49.0 Å². The number of hydrogen-bond acceptors (Lipinski definition) is 5. The predicted octanol–water partition coefficient (Wildman–Crippen LogP) is 6.89. The molecular weight excluding hydrogens is 526 g/mol. The maximum absolute atomic E-state index is 15.2. The number of ether oxygens (including phenoxy) is 2. The highest BCUT2D eigenvalue weighted by molar-refractivity contribution is 6.03. The molecule has 0 N–H and O–H groups in total. The van der Waals surface area contributed by atoms with Crippen molar-refractivity contribution >= 4 is 17.0 Å². The minimum Gasteiger partial charge on any atom is -0.497 e. The van der Waals surface area contributed by atoms with Crippen molar-refractivity contribution in [3.05, 3.63) is 89.0 Å². The van der Waals surface area contributed by atoms with Gasteiger partial charge in [0.15, 0.2) is 5.78 Å². The van der Waals surface area contributed by atoms with E-state index in [0.717, 1.165) is 11.3 Å². The first-order chi connectivity index (χ1) is 19.1. The number of aromatic nitrogens is 2. The third kappa shape index (κ3) is 6.05. The second kappa shape index (κ2) is 11.2. The molecule has 0 spiro atoms. The van der Waals surface area contributed by atoms with Gasteiger partial charge in [0.1, 0.15) is 17.3 Å². The molecule has 0 radical (unpaired) electrons. The summed E-state index contributed by atoms with van der Waals surface area (Å²) in [6.07, 6.45) is -0.912. The molecule has 0 atom stereocenters. The standard InChI is InChI=1S/C30H29F4N3O3/c1-19-29(27-18-24(39-2)13-16-37(27)35-19)28(38)10-4-20-3-9-25(26(31)17-20)21-11-14-36(15-12-21)22-5-7-23(8-6-22)40-30(32,33)34/h3,5-9,13,16-18,21H,4,10-12,14-15H2,1-2H3. The quantitative estimate of drug-likeness (QED) is 0.175. The van der Waals surface area contributed by atoms with Crippen molar-refractivity contribution in [3.8, 4) is 11.5 Å². The summed E-state index contributed by atoms with van der Waals surface area (Å²) in [7, 11) is 1.57. The van der Waals surface area contributed by atoms with Crippen LogP contribution < -0.4 is 14.4 Å². The average Bonchev–Trinajstić information content (AvgIpc) is 3.26. The number of Topliss-reactive ketones (excluding diaryl/α,β-unsaturated/α-hetero) is 1. The Morgan fingerprint density at radius 1 is 1.02 bits per heavy atom. The normalized spacial score (nSPS) is 14.5.